The number of imide groups is 1. The molecule has 0 bridgehead atoms. The Bertz CT molecular complexity index is 1180. The Balaban J connectivity index is 1.91. The molecule has 0 unspecified atom stereocenters. The van der Waals surface area contributed by atoms with Crippen LogP contribution in [0.25, 0.3) is 11.6 Å². The van der Waals surface area contributed by atoms with Gasteiger partial charge in [-0.05, 0) is 54.5 Å². The van der Waals surface area contributed by atoms with Crippen molar-refractivity contribution in [3.63, 3.8) is 0 Å². The standard InChI is InChI=1S/C25H21NO4/c1-16-7-6-8-18(13-16)26-24(27)21-10-5-4-9-20(21)22(25(26)28)14-17-11-12-19(29-2)15-23(17)30-3/h4-15H,1-3H3/b22-14+. The highest BCUT2D eigenvalue weighted by atomic mass is 16.5. The van der Waals surface area contributed by atoms with Gasteiger partial charge in [-0.2, -0.15) is 0 Å². The summed E-state index contributed by atoms with van der Waals surface area (Å²) in [6.07, 6.45) is 1.76. The average Bonchev–Trinajstić information content (AvgIpc) is 2.77. The predicted molar refractivity (Wildman–Crippen MR) is 117 cm³/mol. The van der Waals surface area contributed by atoms with Crippen molar-refractivity contribution in [2.24, 2.45) is 0 Å². The highest BCUT2D eigenvalue weighted by Gasteiger charge is 2.35. The fraction of sp³-hybridized carbons (Fsp3) is 0.120. The third-order valence-corrected chi connectivity index (χ3v) is 5.08. The third-order valence-electron chi connectivity index (χ3n) is 5.08. The van der Waals surface area contributed by atoms with Gasteiger partial charge in [0, 0.05) is 22.8 Å². The van der Waals surface area contributed by atoms with E-state index >= 15 is 0 Å². The molecule has 1 aliphatic rings. The fourth-order valence-corrected chi connectivity index (χ4v) is 3.59. The maximum atomic E-state index is 13.5. The highest BCUT2D eigenvalue weighted by Crippen LogP contribution is 2.35. The zero-order valence-corrected chi connectivity index (χ0v) is 17.0. The number of benzene rings is 3. The zero-order valence-electron chi connectivity index (χ0n) is 17.0. The number of anilines is 1. The van der Waals surface area contributed by atoms with E-state index < -0.39 is 0 Å². The van der Waals surface area contributed by atoms with E-state index in [9.17, 15) is 9.59 Å². The largest absolute Gasteiger partial charge is 0.497 e. The number of carbonyl (C=O) groups excluding carboxylic acids is 2. The molecule has 1 aliphatic heterocycles. The van der Waals surface area contributed by atoms with Gasteiger partial charge in [-0.3, -0.25) is 9.59 Å². The van der Waals surface area contributed by atoms with Gasteiger partial charge >= 0.3 is 0 Å². The van der Waals surface area contributed by atoms with Crippen LogP contribution in [0.3, 0.4) is 0 Å². The first-order chi connectivity index (χ1) is 14.5. The van der Waals surface area contributed by atoms with Crippen LogP contribution >= 0.6 is 0 Å². The van der Waals surface area contributed by atoms with E-state index in [0.29, 0.717) is 33.9 Å². The molecule has 1 heterocycles. The van der Waals surface area contributed by atoms with Crippen molar-refractivity contribution in [2.75, 3.05) is 19.1 Å². The van der Waals surface area contributed by atoms with Crippen LogP contribution in [0.2, 0.25) is 0 Å². The molecule has 5 nitrogen and oxygen atoms in total. The van der Waals surface area contributed by atoms with E-state index in [2.05, 4.69) is 0 Å². The van der Waals surface area contributed by atoms with Crippen molar-refractivity contribution in [1.82, 2.24) is 0 Å². The number of ether oxygens (including phenoxy) is 2. The number of amides is 2. The lowest BCUT2D eigenvalue weighted by Crippen LogP contribution is -2.41. The SMILES string of the molecule is COc1ccc(/C=C2/C(=O)N(c3cccc(C)c3)C(=O)c3ccccc32)c(OC)c1. The number of nitrogens with zero attached hydrogens (tertiary/aromatic N) is 1. The Morgan fingerprint density at radius 2 is 1.57 bits per heavy atom. The number of carbonyl (C=O) groups is 2. The Hall–Kier alpha value is -3.86. The Kier molecular flexibility index (Phi) is 5.11. The molecular weight excluding hydrogens is 378 g/mol. The van der Waals surface area contributed by atoms with E-state index in [4.69, 9.17) is 9.47 Å². The second kappa shape index (κ2) is 7.87. The molecule has 4 rings (SSSR count). The maximum Gasteiger partial charge on any atom is 0.265 e. The van der Waals surface area contributed by atoms with Gasteiger partial charge in [0.2, 0.25) is 0 Å². The van der Waals surface area contributed by atoms with Crippen molar-refractivity contribution in [3.05, 3.63) is 89.0 Å². The monoisotopic (exact) mass is 399 g/mol. The summed E-state index contributed by atoms with van der Waals surface area (Å²) in [6.45, 7) is 1.93. The molecule has 0 fully saturated rings. The first-order valence-electron chi connectivity index (χ1n) is 9.52. The number of hydrogen-bond donors (Lipinski definition) is 0. The van der Waals surface area contributed by atoms with Gasteiger partial charge < -0.3 is 9.47 Å². The first-order valence-corrected chi connectivity index (χ1v) is 9.52. The molecule has 0 radical (unpaired) electrons. The molecule has 2 amide bonds. The molecule has 0 aliphatic carbocycles. The molecule has 5 heteroatoms. The van der Waals surface area contributed by atoms with Crippen molar-refractivity contribution in [1.29, 1.82) is 0 Å². The van der Waals surface area contributed by atoms with Gasteiger partial charge in [-0.25, -0.2) is 4.90 Å². The minimum absolute atomic E-state index is 0.333. The summed E-state index contributed by atoms with van der Waals surface area (Å²) < 4.78 is 10.7. The topological polar surface area (TPSA) is 55.8 Å². The minimum atomic E-state index is -0.373. The van der Waals surface area contributed by atoms with Crippen molar-refractivity contribution >= 4 is 29.2 Å². The second-order valence-corrected chi connectivity index (χ2v) is 7.00. The van der Waals surface area contributed by atoms with E-state index in [-0.39, 0.29) is 11.8 Å². The van der Waals surface area contributed by atoms with Crippen molar-refractivity contribution in [2.45, 2.75) is 6.92 Å². The number of rotatable bonds is 4. The van der Waals surface area contributed by atoms with Crippen LogP contribution in [0, 0.1) is 6.92 Å². The van der Waals surface area contributed by atoms with Crippen LogP contribution in [0.4, 0.5) is 5.69 Å². The highest BCUT2D eigenvalue weighted by molar-refractivity contribution is 6.43. The van der Waals surface area contributed by atoms with Crippen molar-refractivity contribution in [3.8, 4) is 11.5 Å². The molecule has 30 heavy (non-hydrogen) atoms. The van der Waals surface area contributed by atoms with Crippen LogP contribution in [0.5, 0.6) is 11.5 Å². The average molecular weight is 399 g/mol. The Morgan fingerprint density at radius 1 is 0.800 bits per heavy atom. The summed E-state index contributed by atoms with van der Waals surface area (Å²) in [5.74, 6) is 0.522. The van der Waals surface area contributed by atoms with Gasteiger partial charge in [0.25, 0.3) is 11.8 Å². The molecule has 0 saturated carbocycles. The second-order valence-electron chi connectivity index (χ2n) is 7.00. The van der Waals surface area contributed by atoms with Gasteiger partial charge in [-0.15, -0.1) is 0 Å². The normalized spacial score (nSPS) is 14.6. The number of fused-ring (bicyclic) bond motifs is 1. The molecular formula is C25H21NO4. The quantitative estimate of drug-likeness (QED) is 0.470. The van der Waals surface area contributed by atoms with Crippen molar-refractivity contribution < 1.29 is 19.1 Å². The Morgan fingerprint density at radius 3 is 2.27 bits per heavy atom. The smallest absolute Gasteiger partial charge is 0.265 e. The summed E-state index contributed by atoms with van der Waals surface area (Å²) in [5, 5.41) is 0. The van der Waals surface area contributed by atoms with Gasteiger partial charge in [-0.1, -0.05) is 30.3 Å². The molecule has 0 saturated heterocycles. The summed E-state index contributed by atoms with van der Waals surface area (Å²) >= 11 is 0. The van der Waals surface area contributed by atoms with E-state index in [1.54, 1.807) is 56.7 Å². The lowest BCUT2D eigenvalue weighted by molar-refractivity contribution is -0.112. The molecule has 0 spiro atoms. The maximum absolute atomic E-state index is 13.5. The van der Waals surface area contributed by atoms with Gasteiger partial charge in [0.05, 0.1) is 19.9 Å². The first kappa shape index (κ1) is 19.5. The fourth-order valence-electron chi connectivity index (χ4n) is 3.59. The predicted octanol–water partition coefficient (Wildman–Crippen LogP) is 4.74. The van der Waals surface area contributed by atoms with Crippen LogP contribution in [0.1, 0.15) is 27.0 Å². The minimum Gasteiger partial charge on any atom is -0.497 e. The van der Waals surface area contributed by atoms with Crippen LogP contribution in [-0.2, 0) is 4.79 Å². The molecule has 0 aromatic heterocycles. The van der Waals surface area contributed by atoms with Gasteiger partial charge in [0.1, 0.15) is 11.5 Å². The lowest BCUT2D eigenvalue weighted by atomic mass is 9.91. The van der Waals surface area contributed by atoms with Gasteiger partial charge in [0.15, 0.2) is 0 Å². The van der Waals surface area contributed by atoms with Crippen LogP contribution in [0.15, 0.2) is 66.7 Å². The number of methoxy groups -OCH3 is 2. The molecule has 3 aromatic rings. The zero-order chi connectivity index (χ0) is 21.3. The summed E-state index contributed by atoms with van der Waals surface area (Å²) in [5.41, 5.74) is 3.75. The molecule has 150 valence electrons. The number of hydrogen-bond acceptors (Lipinski definition) is 4. The summed E-state index contributed by atoms with van der Waals surface area (Å²) in [4.78, 5) is 27.9. The van der Waals surface area contributed by atoms with E-state index in [0.717, 1.165) is 11.1 Å². The van der Waals surface area contributed by atoms with Crippen LogP contribution in [-0.4, -0.2) is 26.0 Å². The summed E-state index contributed by atoms with van der Waals surface area (Å²) in [7, 11) is 3.15. The van der Waals surface area contributed by atoms with E-state index in [1.807, 2.05) is 37.3 Å². The number of aryl methyl sites for hydroxylation is 1. The van der Waals surface area contributed by atoms with Crippen LogP contribution < -0.4 is 14.4 Å². The molecule has 0 N–H and O–H groups in total. The summed E-state index contributed by atoms with van der Waals surface area (Å²) in [6, 6.07) is 19.9. The third kappa shape index (κ3) is 3.35. The molecule has 0 atom stereocenters. The Labute approximate surface area is 175 Å². The van der Waals surface area contributed by atoms with E-state index in [1.165, 1.54) is 4.90 Å². The molecule has 3 aromatic carbocycles. The lowest BCUT2D eigenvalue weighted by Gasteiger charge is -2.29.